The van der Waals surface area contributed by atoms with Crippen LogP contribution in [0.15, 0.2) is 0 Å². The van der Waals surface area contributed by atoms with Gasteiger partial charge in [-0.05, 0) is 18.8 Å². The third-order valence-corrected chi connectivity index (χ3v) is 11.5. The maximum Gasteiger partial charge on any atom is 0.305 e. The van der Waals surface area contributed by atoms with Gasteiger partial charge in [0, 0.05) is 12.8 Å². The number of ether oxygens (including phenoxy) is 6. The van der Waals surface area contributed by atoms with Gasteiger partial charge in [0.05, 0.1) is 13.2 Å². The molecule has 2 fully saturated rings. The zero-order valence-electron chi connectivity index (χ0n) is 37.1. The second-order valence-electron chi connectivity index (χ2n) is 17.4. The number of unbranched alkanes of at least 4 members (excludes halogenated alkanes) is 19. The van der Waals surface area contributed by atoms with E-state index in [-0.39, 0.29) is 19.4 Å². The summed E-state index contributed by atoms with van der Waals surface area (Å²) in [7, 11) is 0. The maximum absolute atomic E-state index is 12.6. The van der Waals surface area contributed by atoms with Crippen molar-refractivity contribution < 1.29 is 73.8 Å². The van der Waals surface area contributed by atoms with E-state index < -0.39 is 99.3 Å². The highest BCUT2D eigenvalue weighted by molar-refractivity contribution is 5.69. The van der Waals surface area contributed by atoms with Crippen molar-refractivity contribution in [2.24, 2.45) is 5.92 Å². The number of aliphatic hydroxyl groups excluding tert-OH is 7. The van der Waals surface area contributed by atoms with Gasteiger partial charge in [0.2, 0.25) is 0 Å². The molecule has 2 saturated heterocycles. The predicted octanol–water partition coefficient (Wildman–Crippen LogP) is 5.12. The molecule has 2 aliphatic rings. The molecule has 2 rings (SSSR count). The van der Waals surface area contributed by atoms with Crippen molar-refractivity contribution in [3.63, 3.8) is 0 Å². The molecule has 15 nitrogen and oxygen atoms in total. The van der Waals surface area contributed by atoms with Crippen LogP contribution in [0.3, 0.4) is 0 Å². The van der Waals surface area contributed by atoms with Crippen molar-refractivity contribution in [3.05, 3.63) is 0 Å². The highest BCUT2D eigenvalue weighted by Crippen LogP contribution is 2.30. The molecule has 11 atom stereocenters. The molecular formula is C45H84O15. The Morgan fingerprint density at radius 2 is 1.03 bits per heavy atom. The molecule has 2 heterocycles. The molecule has 0 spiro atoms. The fraction of sp³-hybridized carbons (Fsp3) is 0.956. The zero-order valence-corrected chi connectivity index (χ0v) is 37.1. The molecule has 7 N–H and O–H groups in total. The van der Waals surface area contributed by atoms with Gasteiger partial charge in [0.25, 0.3) is 0 Å². The van der Waals surface area contributed by atoms with Crippen molar-refractivity contribution in [3.8, 4) is 0 Å². The van der Waals surface area contributed by atoms with Crippen LogP contribution in [0.1, 0.15) is 175 Å². The molecule has 0 aromatic rings. The summed E-state index contributed by atoms with van der Waals surface area (Å²) in [4.78, 5) is 25.0. The van der Waals surface area contributed by atoms with Gasteiger partial charge in [-0.15, -0.1) is 0 Å². The minimum atomic E-state index is -1.83. The van der Waals surface area contributed by atoms with Crippen LogP contribution in [-0.2, 0) is 38.0 Å². The van der Waals surface area contributed by atoms with Gasteiger partial charge in [-0.25, -0.2) is 0 Å². The second-order valence-corrected chi connectivity index (χ2v) is 17.4. The number of hydrogen-bond donors (Lipinski definition) is 7. The van der Waals surface area contributed by atoms with Crippen molar-refractivity contribution in [2.45, 2.75) is 242 Å². The van der Waals surface area contributed by atoms with E-state index in [0.29, 0.717) is 12.8 Å². The Morgan fingerprint density at radius 3 is 1.55 bits per heavy atom. The zero-order chi connectivity index (χ0) is 44.1. The smallest absolute Gasteiger partial charge is 0.305 e. The summed E-state index contributed by atoms with van der Waals surface area (Å²) in [5.41, 5.74) is 0. The van der Waals surface area contributed by atoms with Crippen LogP contribution in [0.4, 0.5) is 0 Å². The first-order chi connectivity index (χ1) is 28.9. The fourth-order valence-corrected chi connectivity index (χ4v) is 7.61. The third kappa shape index (κ3) is 22.7. The van der Waals surface area contributed by atoms with Crippen LogP contribution in [0.25, 0.3) is 0 Å². The third-order valence-electron chi connectivity index (χ3n) is 11.5. The lowest BCUT2D eigenvalue weighted by Crippen LogP contribution is -2.65. The van der Waals surface area contributed by atoms with E-state index in [9.17, 15) is 45.3 Å². The van der Waals surface area contributed by atoms with E-state index in [1.54, 1.807) is 0 Å². The Balaban J connectivity index is 1.81. The molecule has 0 aromatic heterocycles. The largest absolute Gasteiger partial charge is 0.463 e. The van der Waals surface area contributed by atoms with E-state index in [0.717, 1.165) is 44.4 Å². The summed E-state index contributed by atoms with van der Waals surface area (Å²) in [6.45, 7) is 4.72. The molecule has 60 heavy (non-hydrogen) atoms. The van der Waals surface area contributed by atoms with Gasteiger partial charge < -0.3 is 64.2 Å². The van der Waals surface area contributed by atoms with Crippen molar-refractivity contribution in [2.75, 3.05) is 26.4 Å². The van der Waals surface area contributed by atoms with Gasteiger partial charge in [-0.3, -0.25) is 9.59 Å². The summed E-state index contributed by atoms with van der Waals surface area (Å²) in [5.74, 6) is -0.205. The molecule has 15 heteroatoms. The van der Waals surface area contributed by atoms with Crippen LogP contribution in [0, 0.1) is 5.92 Å². The molecule has 0 amide bonds. The first kappa shape index (κ1) is 54.6. The van der Waals surface area contributed by atoms with Gasteiger partial charge >= 0.3 is 11.9 Å². The van der Waals surface area contributed by atoms with Gasteiger partial charge in [0.1, 0.15) is 68.1 Å². The molecule has 354 valence electrons. The summed E-state index contributed by atoms with van der Waals surface area (Å²) in [6.07, 6.45) is 8.03. The molecule has 0 aliphatic carbocycles. The van der Waals surface area contributed by atoms with Gasteiger partial charge in [-0.1, -0.05) is 149 Å². The fourth-order valence-electron chi connectivity index (χ4n) is 7.61. The highest BCUT2D eigenvalue weighted by Gasteiger charge is 2.51. The normalized spacial score (nSPS) is 27.6. The van der Waals surface area contributed by atoms with Gasteiger partial charge in [-0.2, -0.15) is 0 Å². The lowest BCUT2D eigenvalue weighted by molar-refractivity contribution is -0.361. The number of carbonyl (C=O) groups excluding carboxylic acids is 2. The average Bonchev–Trinajstić information content (AvgIpc) is 3.22. The van der Waals surface area contributed by atoms with Crippen LogP contribution >= 0.6 is 0 Å². The lowest BCUT2D eigenvalue weighted by atomic mass is 9.97. The first-order valence-corrected chi connectivity index (χ1v) is 23.5. The van der Waals surface area contributed by atoms with Crippen LogP contribution in [-0.4, -0.2) is 142 Å². The monoisotopic (exact) mass is 865 g/mol. The molecule has 2 aliphatic heterocycles. The SMILES string of the molecule is CCCCCCCCCCCCCCC(=O)OCC(O)CO[C@H]1O[C@H](COC(=O)CCCCCCCCCCCC(C)C)[C@@H](O)[C@H](O[C@H]2O[C@H](CO)[C@@H](O)[C@H](O)[C@@H]2O)[C@@H]1O. The summed E-state index contributed by atoms with van der Waals surface area (Å²) in [5, 5.41) is 73.6. The van der Waals surface area contributed by atoms with Gasteiger partial charge in [0.15, 0.2) is 12.6 Å². The van der Waals surface area contributed by atoms with E-state index in [2.05, 4.69) is 20.8 Å². The summed E-state index contributed by atoms with van der Waals surface area (Å²) in [6, 6.07) is 0. The molecule has 0 aromatic carbocycles. The number of esters is 2. The summed E-state index contributed by atoms with van der Waals surface area (Å²) >= 11 is 0. The molecular weight excluding hydrogens is 780 g/mol. The standard InChI is InChI=1S/C45H84O15/c1-4-5-6-7-8-9-10-11-14-17-20-23-26-36(48)55-29-33(47)30-57-44-42(54)43(60-45-41(53)40(52)38(50)34(28-46)58-45)39(51)35(59-44)31-56-37(49)27-24-21-18-15-12-13-16-19-22-25-32(2)3/h32-35,38-47,50-54H,4-31H2,1-3H3/t33?,34-,35-,38-,39-,40+,41+,42+,43+,44+,45-/m1/s1. The number of aliphatic hydroxyl groups is 7. The van der Waals surface area contributed by atoms with E-state index in [1.165, 1.54) is 89.9 Å². The van der Waals surface area contributed by atoms with Crippen molar-refractivity contribution in [1.29, 1.82) is 0 Å². The number of carbonyl (C=O) groups is 2. The molecule has 1 unspecified atom stereocenters. The van der Waals surface area contributed by atoms with Crippen molar-refractivity contribution in [1.82, 2.24) is 0 Å². The Bertz CT molecular complexity index is 1080. The Kier molecular flexibility index (Phi) is 30.1. The number of rotatable bonds is 35. The minimum Gasteiger partial charge on any atom is -0.463 e. The average molecular weight is 865 g/mol. The predicted molar refractivity (Wildman–Crippen MR) is 225 cm³/mol. The quantitative estimate of drug-likeness (QED) is 0.0324. The van der Waals surface area contributed by atoms with Crippen molar-refractivity contribution >= 4 is 11.9 Å². The second kappa shape index (κ2) is 33.1. The first-order valence-electron chi connectivity index (χ1n) is 23.5. The van der Waals surface area contributed by atoms with E-state index >= 15 is 0 Å². The number of hydrogen-bond acceptors (Lipinski definition) is 15. The minimum absolute atomic E-state index is 0.162. The lowest BCUT2D eigenvalue weighted by Gasteiger charge is -2.46. The topological polar surface area (TPSA) is 231 Å². The molecule has 0 saturated carbocycles. The summed E-state index contributed by atoms with van der Waals surface area (Å²) < 4.78 is 33.2. The van der Waals surface area contributed by atoms with E-state index in [4.69, 9.17) is 28.4 Å². The van der Waals surface area contributed by atoms with Crippen LogP contribution in [0.2, 0.25) is 0 Å². The highest BCUT2D eigenvalue weighted by atomic mass is 16.7. The Labute approximate surface area is 359 Å². The van der Waals surface area contributed by atoms with Crippen LogP contribution in [0.5, 0.6) is 0 Å². The maximum atomic E-state index is 12.6. The molecule has 0 bridgehead atoms. The Hall–Kier alpha value is -1.50. The molecule has 0 radical (unpaired) electrons. The van der Waals surface area contributed by atoms with E-state index in [1.807, 2.05) is 0 Å². The van der Waals surface area contributed by atoms with Crippen LogP contribution < -0.4 is 0 Å². The Morgan fingerprint density at radius 1 is 0.550 bits per heavy atom.